The molecule has 7 nitrogen and oxygen atoms in total. The average molecular weight is 344 g/mol. The van der Waals surface area contributed by atoms with E-state index in [-0.39, 0.29) is 0 Å². The Labute approximate surface area is 148 Å². The minimum atomic E-state index is 0.362. The lowest BCUT2D eigenvalue weighted by Gasteiger charge is -2.37. The van der Waals surface area contributed by atoms with Crippen LogP contribution in [0.4, 0.5) is 5.82 Å². The molecule has 1 N–H and O–H groups in total. The van der Waals surface area contributed by atoms with Crippen LogP contribution in [-0.4, -0.2) is 70.0 Å². The molecule has 0 spiro atoms. The van der Waals surface area contributed by atoms with E-state index >= 15 is 0 Å². The van der Waals surface area contributed by atoms with Crippen molar-refractivity contribution in [2.75, 3.05) is 37.6 Å². The average Bonchev–Trinajstić information content (AvgIpc) is 3.08. The number of morpholine rings is 1. The fraction of sp³-hybridized carbons (Fsp3) is 0.722. The van der Waals surface area contributed by atoms with Gasteiger partial charge in [-0.3, -0.25) is 10.00 Å². The summed E-state index contributed by atoms with van der Waals surface area (Å²) >= 11 is 0. The lowest BCUT2D eigenvalue weighted by Crippen LogP contribution is -2.46. The molecule has 0 bridgehead atoms. The molecule has 2 unspecified atom stereocenters. The van der Waals surface area contributed by atoms with Crippen molar-refractivity contribution in [2.45, 2.75) is 45.3 Å². The van der Waals surface area contributed by atoms with Crippen LogP contribution in [0.3, 0.4) is 0 Å². The van der Waals surface area contributed by atoms with Crippen LogP contribution >= 0.6 is 0 Å². The standard InChI is InChI=1S/C18H28N6O/c1-13-10-23(11-14(2)25-13)6-3-15-4-7-24(8-5-15)18-16-9-21-22-17(16)19-12-20-18/h9,12-15H,3-8,10-11H2,1-2H3,(H,19,20,21,22). The number of aromatic amines is 1. The van der Waals surface area contributed by atoms with Crippen LogP contribution < -0.4 is 4.90 Å². The van der Waals surface area contributed by atoms with Crippen LogP contribution in [0.1, 0.15) is 33.1 Å². The Hall–Kier alpha value is -1.73. The van der Waals surface area contributed by atoms with Crippen LogP contribution in [0, 0.1) is 5.92 Å². The van der Waals surface area contributed by atoms with Gasteiger partial charge < -0.3 is 9.64 Å². The Morgan fingerprint density at radius 1 is 1.16 bits per heavy atom. The second-order valence-corrected chi connectivity index (χ2v) is 7.57. The molecular formula is C18H28N6O. The van der Waals surface area contributed by atoms with E-state index in [4.69, 9.17) is 4.74 Å². The first-order chi connectivity index (χ1) is 12.2. The third-order valence-corrected chi connectivity index (χ3v) is 5.49. The molecule has 0 radical (unpaired) electrons. The molecule has 2 atom stereocenters. The van der Waals surface area contributed by atoms with Gasteiger partial charge in [-0.1, -0.05) is 0 Å². The van der Waals surface area contributed by atoms with E-state index in [9.17, 15) is 0 Å². The van der Waals surface area contributed by atoms with E-state index in [0.717, 1.165) is 48.9 Å². The van der Waals surface area contributed by atoms with Crippen molar-refractivity contribution in [3.05, 3.63) is 12.5 Å². The van der Waals surface area contributed by atoms with Crippen LogP contribution in [-0.2, 0) is 4.74 Å². The molecule has 0 aliphatic carbocycles. The molecule has 0 saturated carbocycles. The lowest BCUT2D eigenvalue weighted by atomic mass is 9.93. The zero-order valence-electron chi connectivity index (χ0n) is 15.2. The van der Waals surface area contributed by atoms with Crippen LogP contribution in [0.2, 0.25) is 0 Å². The maximum atomic E-state index is 5.83. The summed E-state index contributed by atoms with van der Waals surface area (Å²) < 4.78 is 5.83. The van der Waals surface area contributed by atoms with E-state index in [1.54, 1.807) is 6.33 Å². The maximum Gasteiger partial charge on any atom is 0.160 e. The topological polar surface area (TPSA) is 70.2 Å². The zero-order valence-corrected chi connectivity index (χ0v) is 15.2. The molecule has 25 heavy (non-hydrogen) atoms. The highest BCUT2D eigenvalue weighted by Gasteiger charge is 2.25. The molecule has 2 fully saturated rings. The van der Waals surface area contributed by atoms with Crippen molar-refractivity contribution >= 4 is 16.9 Å². The number of rotatable bonds is 4. The highest BCUT2D eigenvalue weighted by atomic mass is 16.5. The van der Waals surface area contributed by atoms with Gasteiger partial charge in [-0.25, -0.2) is 9.97 Å². The van der Waals surface area contributed by atoms with E-state index < -0.39 is 0 Å². The molecule has 0 amide bonds. The quantitative estimate of drug-likeness (QED) is 0.916. The van der Waals surface area contributed by atoms with Gasteiger partial charge in [-0.05, 0) is 45.6 Å². The second kappa shape index (κ2) is 7.25. The van der Waals surface area contributed by atoms with Crippen molar-refractivity contribution < 1.29 is 4.74 Å². The molecular weight excluding hydrogens is 316 g/mol. The van der Waals surface area contributed by atoms with Crippen molar-refractivity contribution in [2.24, 2.45) is 5.92 Å². The summed E-state index contributed by atoms with van der Waals surface area (Å²) in [4.78, 5) is 13.7. The number of nitrogens with zero attached hydrogens (tertiary/aromatic N) is 5. The molecule has 7 heteroatoms. The SMILES string of the molecule is CC1CN(CCC2CCN(c3ncnc4[nH]ncc34)CC2)CC(C)O1. The van der Waals surface area contributed by atoms with Gasteiger partial charge in [0.1, 0.15) is 12.1 Å². The summed E-state index contributed by atoms with van der Waals surface area (Å²) in [6.07, 6.45) is 7.94. The second-order valence-electron chi connectivity index (χ2n) is 7.57. The molecule has 4 rings (SSSR count). The highest BCUT2D eigenvalue weighted by Crippen LogP contribution is 2.28. The Bertz CT molecular complexity index is 686. The minimum Gasteiger partial charge on any atom is -0.373 e. The number of nitrogens with one attached hydrogen (secondary N) is 1. The van der Waals surface area contributed by atoms with E-state index in [1.807, 2.05) is 6.20 Å². The summed E-state index contributed by atoms with van der Waals surface area (Å²) in [6, 6.07) is 0. The number of ether oxygens (including phenoxy) is 1. The highest BCUT2D eigenvalue weighted by molar-refractivity contribution is 5.86. The number of anilines is 1. The number of hydrogen-bond donors (Lipinski definition) is 1. The van der Waals surface area contributed by atoms with Crippen LogP contribution in [0.15, 0.2) is 12.5 Å². The maximum absolute atomic E-state index is 5.83. The fourth-order valence-corrected chi connectivity index (χ4v) is 4.27. The Balaban J connectivity index is 1.29. The Morgan fingerprint density at radius 3 is 2.68 bits per heavy atom. The third-order valence-electron chi connectivity index (χ3n) is 5.49. The number of fused-ring (bicyclic) bond motifs is 1. The Morgan fingerprint density at radius 2 is 1.92 bits per heavy atom. The first-order valence-electron chi connectivity index (χ1n) is 9.46. The molecule has 2 aliphatic heterocycles. The monoisotopic (exact) mass is 344 g/mol. The number of H-pyrrole nitrogens is 1. The van der Waals surface area contributed by atoms with Crippen molar-refractivity contribution in [3.8, 4) is 0 Å². The first kappa shape index (κ1) is 16.7. The minimum absolute atomic E-state index is 0.362. The first-order valence-corrected chi connectivity index (χ1v) is 9.46. The number of hydrogen-bond acceptors (Lipinski definition) is 6. The Kier molecular flexibility index (Phi) is 4.85. The van der Waals surface area contributed by atoms with Gasteiger partial charge in [0.2, 0.25) is 0 Å². The third kappa shape index (κ3) is 3.77. The van der Waals surface area contributed by atoms with Gasteiger partial charge in [0.05, 0.1) is 23.8 Å². The van der Waals surface area contributed by atoms with Gasteiger partial charge in [-0.2, -0.15) is 5.10 Å². The zero-order chi connectivity index (χ0) is 17.2. The number of piperidine rings is 1. The van der Waals surface area contributed by atoms with Crippen molar-refractivity contribution in [1.29, 1.82) is 0 Å². The van der Waals surface area contributed by atoms with Gasteiger partial charge in [0.15, 0.2) is 5.65 Å². The van der Waals surface area contributed by atoms with E-state index in [0.29, 0.717) is 12.2 Å². The van der Waals surface area contributed by atoms with Gasteiger partial charge >= 0.3 is 0 Å². The summed E-state index contributed by atoms with van der Waals surface area (Å²) in [6.45, 7) is 9.84. The van der Waals surface area contributed by atoms with E-state index in [2.05, 4.69) is 43.8 Å². The van der Waals surface area contributed by atoms with Gasteiger partial charge in [0, 0.05) is 26.2 Å². The lowest BCUT2D eigenvalue weighted by molar-refractivity contribution is -0.0690. The van der Waals surface area contributed by atoms with Gasteiger partial charge in [0.25, 0.3) is 0 Å². The molecule has 136 valence electrons. The predicted molar refractivity (Wildman–Crippen MR) is 97.7 cm³/mol. The molecule has 2 saturated heterocycles. The summed E-state index contributed by atoms with van der Waals surface area (Å²) in [5.74, 6) is 1.83. The molecule has 2 aromatic rings. The summed E-state index contributed by atoms with van der Waals surface area (Å²) in [5, 5.41) is 8.05. The largest absolute Gasteiger partial charge is 0.373 e. The van der Waals surface area contributed by atoms with E-state index in [1.165, 1.54) is 25.8 Å². The summed E-state index contributed by atoms with van der Waals surface area (Å²) in [7, 11) is 0. The molecule has 2 aromatic heterocycles. The fourth-order valence-electron chi connectivity index (χ4n) is 4.27. The van der Waals surface area contributed by atoms with Crippen molar-refractivity contribution in [1.82, 2.24) is 25.1 Å². The van der Waals surface area contributed by atoms with Gasteiger partial charge in [-0.15, -0.1) is 0 Å². The molecule has 0 aromatic carbocycles. The molecule has 2 aliphatic rings. The molecule has 4 heterocycles. The van der Waals surface area contributed by atoms with Crippen molar-refractivity contribution in [3.63, 3.8) is 0 Å². The normalized spacial score (nSPS) is 26.4. The number of aromatic nitrogens is 4. The van der Waals surface area contributed by atoms with Crippen LogP contribution in [0.5, 0.6) is 0 Å². The summed E-state index contributed by atoms with van der Waals surface area (Å²) in [5.41, 5.74) is 0.822. The smallest absolute Gasteiger partial charge is 0.160 e. The predicted octanol–water partition coefficient (Wildman–Crippen LogP) is 2.07. The van der Waals surface area contributed by atoms with Crippen LogP contribution in [0.25, 0.3) is 11.0 Å².